The molecule has 0 unspecified atom stereocenters. The van der Waals surface area contributed by atoms with Gasteiger partial charge in [0.2, 0.25) is 0 Å². The van der Waals surface area contributed by atoms with Gasteiger partial charge in [0.25, 0.3) is 0 Å². The van der Waals surface area contributed by atoms with Crippen molar-refractivity contribution in [3.05, 3.63) is 182 Å². The largest absolute Gasteiger partial charge is 0.309 e. The molecule has 0 N–H and O–H groups in total. The summed E-state index contributed by atoms with van der Waals surface area (Å²) < 4.78 is 4.98. The lowest BCUT2D eigenvalue weighted by Crippen LogP contribution is -2.11. The Labute approximate surface area is 288 Å². The molecular formula is C46H30N2S. The molecule has 0 spiro atoms. The van der Waals surface area contributed by atoms with Crippen LogP contribution in [0, 0.1) is 0 Å². The fourth-order valence-electron chi connectivity index (χ4n) is 7.63. The van der Waals surface area contributed by atoms with Crippen molar-refractivity contribution in [3.63, 3.8) is 0 Å². The van der Waals surface area contributed by atoms with Crippen molar-refractivity contribution in [2.45, 2.75) is 0 Å². The zero-order chi connectivity index (χ0) is 32.3. The van der Waals surface area contributed by atoms with Crippen molar-refractivity contribution in [1.82, 2.24) is 4.57 Å². The lowest BCUT2D eigenvalue weighted by Gasteiger charge is -2.29. The van der Waals surface area contributed by atoms with Crippen LogP contribution in [0.3, 0.4) is 0 Å². The predicted octanol–water partition coefficient (Wildman–Crippen LogP) is 13.4. The van der Waals surface area contributed by atoms with E-state index in [1.54, 1.807) is 0 Å². The minimum absolute atomic E-state index is 1.12. The first kappa shape index (κ1) is 27.9. The molecule has 2 heterocycles. The predicted molar refractivity (Wildman–Crippen MR) is 211 cm³/mol. The zero-order valence-corrected chi connectivity index (χ0v) is 27.4. The maximum absolute atomic E-state index is 2.49. The Bertz CT molecular complexity index is 2840. The summed E-state index contributed by atoms with van der Waals surface area (Å²) in [6.45, 7) is 0. The Kier molecular flexibility index (Phi) is 6.39. The highest BCUT2D eigenvalue weighted by Gasteiger charge is 2.23. The minimum atomic E-state index is 1.12. The van der Waals surface area contributed by atoms with Crippen molar-refractivity contribution in [2.24, 2.45) is 0 Å². The van der Waals surface area contributed by atoms with E-state index < -0.39 is 0 Å². The van der Waals surface area contributed by atoms with Gasteiger partial charge in [0.05, 0.1) is 27.1 Å². The molecule has 0 aliphatic heterocycles. The van der Waals surface area contributed by atoms with E-state index in [1.807, 2.05) is 11.3 Å². The average molecular weight is 643 g/mol. The van der Waals surface area contributed by atoms with Crippen LogP contribution in [-0.2, 0) is 0 Å². The Hall–Kier alpha value is -6.16. The van der Waals surface area contributed by atoms with Crippen molar-refractivity contribution >= 4 is 81.1 Å². The molecular weight excluding hydrogens is 613 g/mol. The third-order valence-corrected chi connectivity index (χ3v) is 11.0. The van der Waals surface area contributed by atoms with Crippen LogP contribution >= 0.6 is 11.3 Å². The third-order valence-electron chi connectivity index (χ3n) is 9.78. The van der Waals surface area contributed by atoms with Crippen molar-refractivity contribution in [3.8, 4) is 16.8 Å². The third kappa shape index (κ3) is 4.40. The summed E-state index contributed by atoms with van der Waals surface area (Å²) >= 11 is 1.87. The Morgan fingerprint density at radius 3 is 1.96 bits per heavy atom. The number of nitrogens with zero attached hydrogens (tertiary/aromatic N) is 2. The van der Waals surface area contributed by atoms with Crippen LogP contribution in [0.1, 0.15) is 0 Å². The van der Waals surface area contributed by atoms with Crippen LogP contribution in [0.5, 0.6) is 0 Å². The van der Waals surface area contributed by atoms with Crippen LogP contribution in [0.25, 0.3) is 69.6 Å². The number of benzene rings is 8. The molecule has 2 aromatic heterocycles. The Morgan fingerprint density at radius 1 is 0.408 bits per heavy atom. The molecule has 0 saturated carbocycles. The number of rotatable bonds is 5. The molecule has 49 heavy (non-hydrogen) atoms. The van der Waals surface area contributed by atoms with E-state index >= 15 is 0 Å². The Morgan fingerprint density at radius 2 is 1.04 bits per heavy atom. The fraction of sp³-hybridized carbons (Fsp3) is 0. The van der Waals surface area contributed by atoms with E-state index in [9.17, 15) is 0 Å². The molecule has 0 atom stereocenters. The van der Waals surface area contributed by atoms with E-state index in [1.165, 1.54) is 69.6 Å². The second-order valence-electron chi connectivity index (χ2n) is 12.5. The topological polar surface area (TPSA) is 8.17 Å². The first-order chi connectivity index (χ1) is 24.3. The average Bonchev–Trinajstić information content (AvgIpc) is 3.71. The van der Waals surface area contributed by atoms with Gasteiger partial charge in [-0.3, -0.25) is 0 Å². The second-order valence-corrected chi connectivity index (χ2v) is 13.6. The lowest BCUT2D eigenvalue weighted by molar-refractivity contribution is 1.18. The van der Waals surface area contributed by atoms with Gasteiger partial charge in [0.15, 0.2) is 0 Å². The van der Waals surface area contributed by atoms with Gasteiger partial charge < -0.3 is 9.47 Å². The molecule has 2 nitrogen and oxygen atoms in total. The standard InChI is InChI=1S/C46H30N2S/c1-2-16-32(17-3-1)47-42-25-10-7-20-37(42)38-29-28-33(30-44(38)47)48(43-26-13-23-40-39-21-8-11-27-45(39)49-46(40)43)41-24-9-6-19-36(41)35-22-12-15-31-14-4-5-18-34(31)35/h1-30H. The quantitative estimate of drug-likeness (QED) is 0.181. The van der Waals surface area contributed by atoms with Crippen LogP contribution in [0.2, 0.25) is 0 Å². The smallest absolute Gasteiger partial charge is 0.0640 e. The normalized spacial score (nSPS) is 11.7. The molecule has 0 aliphatic rings. The Balaban J connectivity index is 1.30. The summed E-state index contributed by atoms with van der Waals surface area (Å²) in [5.74, 6) is 0. The molecule has 0 saturated heterocycles. The molecule has 230 valence electrons. The molecule has 0 bridgehead atoms. The maximum atomic E-state index is 2.49. The highest BCUT2D eigenvalue weighted by atomic mass is 32.1. The molecule has 0 amide bonds. The van der Waals surface area contributed by atoms with Crippen LogP contribution in [-0.4, -0.2) is 4.57 Å². The molecule has 8 aromatic carbocycles. The fourth-order valence-corrected chi connectivity index (χ4v) is 8.83. The van der Waals surface area contributed by atoms with Crippen LogP contribution in [0.4, 0.5) is 17.1 Å². The van der Waals surface area contributed by atoms with Crippen molar-refractivity contribution < 1.29 is 0 Å². The molecule has 10 rings (SSSR count). The van der Waals surface area contributed by atoms with Gasteiger partial charge in [-0.25, -0.2) is 0 Å². The van der Waals surface area contributed by atoms with Crippen LogP contribution in [0.15, 0.2) is 182 Å². The molecule has 0 fully saturated rings. The zero-order valence-electron chi connectivity index (χ0n) is 26.6. The van der Waals surface area contributed by atoms with Gasteiger partial charge in [-0.1, -0.05) is 133 Å². The number of aromatic nitrogens is 1. The molecule has 3 heteroatoms. The van der Waals surface area contributed by atoms with Gasteiger partial charge in [0, 0.05) is 43.2 Å². The summed E-state index contributed by atoms with van der Waals surface area (Å²) in [4.78, 5) is 2.49. The van der Waals surface area contributed by atoms with E-state index in [4.69, 9.17) is 0 Å². The number of anilines is 3. The first-order valence-corrected chi connectivity index (χ1v) is 17.5. The van der Waals surface area contributed by atoms with E-state index in [0.717, 1.165) is 17.1 Å². The number of thiophene rings is 1. The summed E-state index contributed by atoms with van der Waals surface area (Å²) in [6.07, 6.45) is 0. The van der Waals surface area contributed by atoms with Crippen molar-refractivity contribution in [2.75, 3.05) is 4.90 Å². The van der Waals surface area contributed by atoms with Gasteiger partial charge in [-0.2, -0.15) is 0 Å². The van der Waals surface area contributed by atoms with Gasteiger partial charge >= 0.3 is 0 Å². The molecule has 10 aromatic rings. The molecule has 0 aliphatic carbocycles. The van der Waals surface area contributed by atoms with Gasteiger partial charge in [-0.05, 0) is 64.9 Å². The summed E-state index contributed by atoms with van der Waals surface area (Å²) in [5, 5.41) is 7.56. The number of hydrogen-bond acceptors (Lipinski definition) is 2. The highest BCUT2D eigenvalue weighted by Crippen LogP contribution is 2.48. The number of para-hydroxylation sites is 3. The number of hydrogen-bond donors (Lipinski definition) is 0. The van der Waals surface area contributed by atoms with E-state index in [2.05, 4.69) is 191 Å². The lowest BCUT2D eigenvalue weighted by atomic mass is 9.96. The molecule has 0 radical (unpaired) electrons. The van der Waals surface area contributed by atoms with Gasteiger partial charge in [-0.15, -0.1) is 11.3 Å². The minimum Gasteiger partial charge on any atom is -0.309 e. The SMILES string of the molecule is c1ccc(-n2c3ccccc3c3ccc(N(c4ccccc4-c4cccc5ccccc45)c4cccc5c4sc4ccccc45)cc32)cc1. The van der Waals surface area contributed by atoms with E-state index in [-0.39, 0.29) is 0 Å². The van der Waals surface area contributed by atoms with Crippen molar-refractivity contribution in [1.29, 1.82) is 0 Å². The summed E-state index contributed by atoms with van der Waals surface area (Å²) in [5.41, 5.74) is 9.39. The highest BCUT2D eigenvalue weighted by molar-refractivity contribution is 7.26. The summed E-state index contributed by atoms with van der Waals surface area (Å²) in [7, 11) is 0. The maximum Gasteiger partial charge on any atom is 0.0640 e. The monoisotopic (exact) mass is 642 g/mol. The first-order valence-electron chi connectivity index (χ1n) is 16.7. The summed E-state index contributed by atoms with van der Waals surface area (Å²) in [6, 6.07) is 66.2. The number of fused-ring (bicyclic) bond motifs is 7. The van der Waals surface area contributed by atoms with Crippen LogP contribution < -0.4 is 4.90 Å². The van der Waals surface area contributed by atoms with Gasteiger partial charge in [0.1, 0.15) is 0 Å². The van der Waals surface area contributed by atoms with E-state index in [0.29, 0.717) is 0 Å². The second kappa shape index (κ2) is 11.2.